The van der Waals surface area contributed by atoms with Crippen molar-refractivity contribution < 1.29 is 4.79 Å². The van der Waals surface area contributed by atoms with Gasteiger partial charge in [-0.3, -0.25) is 9.48 Å². The van der Waals surface area contributed by atoms with Crippen LogP contribution >= 0.6 is 11.3 Å². The lowest BCUT2D eigenvalue weighted by molar-refractivity contribution is 0.0955. The molecule has 0 radical (unpaired) electrons. The topological polar surface area (TPSA) is 46.9 Å². The van der Waals surface area contributed by atoms with Crippen molar-refractivity contribution in [3.63, 3.8) is 0 Å². The van der Waals surface area contributed by atoms with Crippen LogP contribution in [-0.2, 0) is 13.1 Å². The number of aromatic nitrogens is 2. The van der Waals surface area contributed by atoms with Gasteiger partial charge in [-0.2, -0.15) is 5.10 Å². The molecule has 19 heavy (non-hydrogen) atoms. The highest BCUT2D eigenvalue weighted by Crippen LogP contribution is 2.20. The van der Waals surface area contributed by atoms with Crippen LogP contribution in [0.4, 0.5) is 0 Å². The number of carbonyl (C=O) groups is 1. The summed E-state index contributed by atoms with van der Waals surface area (Å²) >= 11 is 1.54. The van der Waals surface area contributed by atoms with Crippen LogP contribution in [0.15, 0.2) is 12.3 Å². The molecule has 2 heterocycles. The van der Waals surface area contributed by atoms with Crippen molar-refractivity contribution in [3.05, 3.63) is 38.8 Å². The number of hydrogen-bond acceptors (Lipinski definition) is 3. The van der Waals surface area contributed by atoms with Crippen molar-refractivity contribution in [3.8, 4) is 0 Å². The molecule has 102 valence electrons. The molecule has 0 fully saturated rings. The molecule has 1 amide bonds. The molecule has 0 saturated heterocycles. The van der Waals surface area contributed by atoms with Crippen LogP contribution in [0.1, 0.15) is 38.3 Å². The lowest BCUT2D eigenvalue weighted by atomic mass is 10.2. The fourth-order valence-corrected chi connectivity index (χ4v) is 2.88. The van der Waals surface area contributed by atoms with E-state index in [1.54, 1.807) is 0 Å². The SMILES string of the molecule is CCn1ncc(CNC(=O)c2cc(C)c(C)s2)c1C. The number of hydrogen-bond donors (Lipinski definition) is 1. The molecule has 0 bridgehead atoms. The molecule has 4 nitrogen and oxygen atoms in total. The molecular formula is C14H19N3OS. The van der Waals surface area contributed by atoms with Crippen LogP contribution in [0, 0.1) is 20.8 Å². The van der Waals surface area contributed by atoms with Crippen molar-refractivity contribution in [2.45, 2.75) is 40.8 Å². The van der Waals surface area contributed by atoms with E-state index in [0.29, 0.717) is 6.54 Å². The summed E-state index contributed by atoms with van der Waals surface area (Å²) in [5.74, 6) is -0.00940. The van der Waals surface area contributed by atoms with Crippen molar-refractivity contribution in [2.24, 2.45) is 0 Å². The first kappa shape index (κ1) is 13.8. The largest absolute Gasteiger partial charge is 0.347 e. The highest BCUT2D eigenvalue weighted by Gasteiger charge is 2.11. The highest BCUT2D eigenvalue weighted by atomic mass is 32.1. The zero-order valence-electron chi connectivity index (χ0n) is 11.8. The van der Waals surface area contributed by atoms with E-state index in [1.807, 2.05) is 37.7 Å². The van der Waals surface area contributed by atoms with Gasteiger partial charge in [0.25, 0.3) is 5.91 Å². The van der Waals surface area contributed by atoms with Crippen LogP contribution in [0.2, 0.25) is 0 Å². The highest BCUT2D eigenvalue weighted by molar-refractivity contribution is 7.14. The van der Waals surface area contributed by atoms with Gasteiger partial charge in [0.2, 0.25) is 0 Å². The van der Waals surface area contributed by atoms with E-state index >= 15 is 0 Å². The number of nitrogens with zero attached hydrogens (tertiary/aromatic N) is 2. The Hall–Kier alpha value is -1.62. The minimum Gasteiger partial charge on any atom is -0.347 e. The number of aryl methyl sites for hydroxylation is 3. The lowest BCUT2D eigenvalue weighted by Crippen LogP contribution is -2.22. The van der Waals surface area contributed by atoms with E-state index in [1.165, 1.54) is 21.8 Å². The molecule has 0 aliphatic heterocycles. The normalized spacial score (nSPS) is 10.7. The van der Waals surface area contributed by atoms with Gasteiger partial charge in [0, 0.05) is 29.2 Å². The molecule has 0 unspecified atom stereocenters. The van der Waals surface area contributed by atoms with Gasteiger partial charge in [-0.1, -0.05) is 0 Å². The van der Waals surface area contributed by atoms with Crippen LogP contribution in [-0.4, -0.2) is 15.7 Å². The van der Waals surface area contributed by atoms with Gasteiger partial charge >= 0.3 is 0 Å². The fourth-order valence-electron chi connectivity index (χ4n) is 1.93. The predicted octanol–water partition coefficient (Wildman–Crippen LogP) is 2.82. The second kappa shape index (κ2) is 5.57. The van der Waals surface area contributed by atoms with Gasteiger partial charge in [-0.05, 0) is 39.3 Å². The van der Waals surface area contributed by atoms with Gasteiger partial charge < -0.3 is 5.32 Å². The molecule has 1 N–H and O–H groups in total. The summed E-state index contributed by atoms with van der Waals surface area (Å²) in [6.45, 7) is 9.52. The molecule has 0 aliphatic carbocycles. The van der Waals surface area contributed by atoms with E-state index < -0.39 is 0 Å². The zero-order chi connectivity index (χ0) is 14.0. The van der Waals surface area contributed by atoms with Crippen LogP contribution in [0.25, 0.3) is 0 Å². The maximum absolute atomic E-state index is 12.0. The Morgan fingerprint density at radius 3 is 2.68 bits per heavy atom. The third kappa shape index (κ3) is 2.87. The molecule has 2 aromatic heterocycles. The number of nitrogens with one attached hydrogen (secondary N) is 1. The van der Waals surface area contributed by atoms with E-state index in [2.05, 4.69) is 17.3 Å². The van der Waals surface area contributed by atoms with Gasteiger partial charge in [-0.25, -0.2) is 0 Å². The summed E-state index contributed by atoms with van der Waals surface area (Å²) < 4.78 is 1.93. The van der Waals surface area contributed by atoms with E-state index in [9.17, 15) is 4.79 Å². The van der Waals surface area contributed by atoms with Gasteiger partial charge in [-0.15, -0.1) is 11.3 Å². The second-order valence-electron chi connectivity index (χ2n) is 4.60. The monoisotopic (exact) mass is 277 g/mol. The summed E-state index contributed by atoms with van der Waals surface area (Å²) in [4.78, 5) is 14.0. The maximum atomic E-state index is 12.0. The first-order valence-corrected chi connectivity index (χ1v) is 7.21. The van der Waals surface area contributed by atoms with Crippen molar-refractivity contribution >= 4 is 17.2 Å². The number of rotatable bonds is 4. The quantitative estimate of drug-likeness (QED) is 0.934. The summed E-state index contributed by atoms with van der Waals surface area (Å²) in [6.07, 6.45) is 1.82. The Balaban J connectivity index is 2.02. The smallest absolute Gasteiger partial charge is 0.261 e. The van der Waals surface area contributed by atoms with Crippen LogP contribution in [0.3, 0.4) is 0 Å². The number of carbonyl (C=O) groups excluding carboxylic acids is 1. The number of thiophene rings is 1. The number of amides is 1. The van der Waals surface area contributed by atoms with Crippen LogP contribution in [0.5, 0.6) is 0 Å². The third-order valence-corrected chi connectivity index (χ3v) is 4.48. The van der Waals surface area contributed by atoms with Crippen molar-refractivity contribution in [2.75, 3.05) is 0 Å². The van der Waals surface area contributed by atoms with Crippen LogP contribution < -0.4 is 5.32 Å². The van der Waals surface area contributed by atoms with Crippen molar-refractivity contribution in [1.82, 2.24) is 15.1 Å². The minimum atomic E-state index is -0.00940. The van der Waals surface area contributed by atoms with Gasteiger partial charge in [0.1, 0.15) is 0 Å². The van der Waals surface area contributed by atoms with Gasteiger partial charge in [0.05, 0.1) is 11.1 Å². The molecule has 2 rings (SSSR count). The summed E-state index contributed by atoms with van der Waals surface area (Å²) in [6, 6.07) is 1.94. The average molecular weight is 277 g/mol. The molecule has 0 aliphatic rings. The summed E-state index contributed by atoms with van der Waals surface area (Å²) in [5, 5.41) is 7.22. The molecule has 0 atom stereocenters. The second-order valence-corrected chi connectivity index (χ2v) is 5.86. The molecule has 2 aromatic rings. The predicted molar refractivity (Wildman–Crippen MR) is 77.6 cm³/mol. The standard InChI is InChI=1S/C14H19N3OS/c1-5-17-10(3)12(8-16-17)7-15-14(18)13-6-9(2)11(4)19-13/h6,8H,5,7H2,1-4H3,(H,15,18). The lowest BCUT2D eigenvalue weighted by Gasteiger charge is -2.04. The molecule has 0 saturated carbocycles. The Morgan fingerprint density at radius 1 is 1.42 bits per heavy atom. The summed E-state index contributed by atoms with van der Waals surface area (Å²) in [7, 11) is 0. The minimum absolute atomic E-state index is 0.00940. The first-order valence-electron chi connectivity index (χ1n) is 6.39. The Bertz CT molecular complexity index is 578. The molecular weight excluding hydrogens is 258 g/mol. The fraction of sp³-hybridized carbons (Fsp3) is 0.429. The van der Waals surface area contributed by atoms with Crippen molar-refractivity contribution in [1.29, 1.82) is 0 Å². The summed E-state index contributed by atoms with van der Waals surface area (Å²) in [5.41, 5.74) is 3.35. The Kier molecular flexibility index (Phi) is 4.04. The third-order valence-electron chi connectivity index (χ3n) is 3.33. The zero-order valence-corrected chi connectivity index (χ0v) is 12.6. The van der Waals surface area contributed by atoms with E-state index in [0.717, 1.165) is 22.7 Å². The Morgan fingerprint density at radius 2 is 2.16 bits per heavy atom. The molecule has 0 spiro atoms. The van der Waals surface area contributed by atoms with E-state index in [4.69, 9.17) is 0 Å². The first-order chi connectivity index (χ1) is 9.02. The van der Waals surface area contributed by atoms with Gasteiger partial charge in [0.15, 0.2) is 0 Å². The molecule has 0 aromatic carbocycles. The van der Waals surface area contributed by atoms with E-state index in [-0.39, 0.29) is 5.91 Å². The molecule has 5 heteroatoms. The Labute approximate surface area is 117 Å². The average Bonchev–Trinajstić information content (AvgIpc) is 2.91. The maximum Gasteiger partial charge on any atom is 0.261 e.